The van der Waals surface area contributed by atoms with Crippen LogP contribution >= 0.6 is 0 Å². The second kappa shape index (κ2) is 4.13. The monoisotopic (exact) mass is 194 g/mol. The lowest BCUT2D eigenvalue weighted by molar-refractivity contribution is 0.297. The van der Waals surface area contributed by atoms with Crippen LogP contribution < -0.4 is 0 Å². The van der Waals surface area contributed by atoms with Gasteiger partial charge in [0, 0.05) is 18.0 Å². The van der Waals surface area contributed by atoms with Gasteiger partial charge in [0.25, 0.3) is 0 Å². The van der Waals surface area contributed by atoms with E-state index in [2.05, 4.69) is 16.9 Å². The Morgan fingerprint density at radius 3 is 2.79 bits per heavy atom. The van der Waals surface area contributed by atoms with Crippen LogP contribution in [-0.2, 0) is 6.42 Å². The van der Waals surface area contributed by atoms with Gasteiger partial charge in [-0.3, -0.25) is 0 Å². The molecule has 1 aromatic heterocycles. The van der Waals surface area contributed by atoms with Gasteiger partial charge in [-0.15, -0.1) is 0 Å². The molecule has 1 fully saturated rings. The molecule has 14 heavy (non-hydrogen) atoms. The SMILES string of the molecule is Cc1[nH]c(CCO)nc1C1CCCC1. The summed E-state index contributed by atoms with van der Waals surface area (Å²) in [6.45, 7) is 2.26. The van der Waals surface area contributed by atoms with Crippen molar-refractivity contribution in [3.63, 3.8) is 0 Å². The molecule has 0 radical (unpaired) electrons. The molecule has 1 saturated carbocycles. The number of H-pyrrole nitrogens is 1. The predicted octanol–water partition coefficient (Wildman–Crippen LogP) is 1.91. The van der Waals surface area contributed by atoms with Gasteiger partial charge in [0.15, 0.2) is 0 Å². The molecule has 0 atom stereocenters. The predicted molar refractivity (Wildman–Crippen MR) is 55.3 cm³/mol. The Hall–Kier alpha value is -0.830. The van der Waals surface area contributed by atoms with Gasteiger partial charge in [0.2, 0.25) is 0 Å². The molecule has 1 aliphatic rings. The fraction of sp³-hybridized carbons (Fsp3) is 0.727. The van der Waals surface area contributed by atoms with Gasteiger partial charge in [0.05, 0.1) is 12.3 Å². The van der Waals surface area contributed by atoms with Crippen molar-refractivity contribution in [3.05, 3.63) is 17.2 Å². The average Bonchev–Trinajstić information content (AvgIpc) is 2.74. The van der Waals surface area contributed by atoms with Crippen molar-refractivity contribution in [1.82, 2.24) is 9.97 Å². The minimum atomic E-state index is 0.178. The highest BCUT2D eigenvalue weighted by molar-refractivity contribution is 5.18. The number of aromatic nitrogens is 2. The number of rotatable bonds is 3. The number of aromatic amines is 1. The van der Waals surface area contributed by atoms with Gasteiger partial charge in [-0.2, -0.15) is 0 Å². The summed E-state index contributed by atoms with van der Waals surface area (Å²) < 4.78 is 0. The second-order valence-electron chi connectivity index (χ2n) is 4.15. The van der Waals surface area contributed by atoms with Crippen molar-refractivity contribution in [2.75, 3.05) is 6.61 Å². The van der Waals surface area contributed by atoms with Crippen molar-refractivity contribution < 1.29 is 5.11 Å². The van der Waals surface area contributed by atoms with Crippen molar-refractivity contribution in [2.45, 2.75) is 44.9 Å². The summed E-state index contributed by atoms with van der Waals surface area (Å²) in [4.78, 5) is 7.82. The number of nitrogens with zero attached hydrogens (tertiary/aromatic N) is 1. The zero-order valence-electron chi connectivity index (χ0n) is 8.71. The fourth-order valence-corrected chi connectivity index (χ4v) is 2.36. The number of aliphatic hydroxyl groups excluding tert-OH is 1. The molecule has 3 nitrogen and oxygen atoms in total. The van der Waals surface area contributed by atoms with E-state index < -0.39 is 0 Å². The lowest BCUT2D eigenvalue weighted by Gasteiger charge is -2.05. The van der Waals surface area contributed by atoms with Crippen LogP contribution in [0.1, 0.15) is 48.8 Å². The molecule has 0 aliphatic heterocycles. The van der Waals surface area contributed by atoms with E-state index in [1.165, 1.54) is 37.1 Å². The molecule has 0 amide bonds. The van der Waals surface area contributed by atoms with Gasteiger partial charge in [-0.1, -0.05) is 12.8 Å². The summed E-state index contributed by atoms with van der Waals surface area (Å²) in [7, 11) is 0. The molecule has 2 N–H and O–H groups in total. The smallest absolute Gasteiger partial charge is 0.108 e. The number of aliphatic hydroxyl groups is 1. The van der Waals surface area contributed by atoms with Crippen LogP contribution in [0.4, 0.5) is 0 Å². The maximum Gasteiger partial charge on any atom is 0.108 e. The molecule has 0 saturated heterocycles. The first-order valence-electron chi connectivity index (χ1n) is 5.47. The summed E-state index contributed by atoms with van der Waals surface area (Å²) >= 11 is 0. The van der Waals surface area contributed by atoms with E-state index in [-0.39, 0.29) is 6.61 Å². The molecule has 1 aromatic rings. The summed E-state index contributed by atoms with van der Waals surface area (Å²) in [5, 5.41) is 8.83. The van der Waals surface area contributed by atoms with E-state index in [9.17, 15) is 0 Å². The summed E-state index contributed by atoms with van der Waals surface area (Å²) in [5.74, 6) is 1.60. The largest absolute Gasteiger partial charge is 0.396 e. The molecule has 0 spiro atoms. The number of nitrogens with one attached hydrogen (secondary N) is 1. The molecule has 78 valence electrons. The van der Waals surface area contributed by atoms with Crippen LogP contribution in [-0.4, -0.2) is 21.7 Å². The van der Waals surface area contributed by atoms with Gasteiger partial charge < -0.3 is 10.1 Å². The molecule has 0 unspecified atom stereocenters. The van der Waals surface area contributed by atoms with Crippen molar-refractivity contribution in [2.24, 2.45) is 0 Å². The highest BCUT2D eigenvalue weighted by Crippen LogP contribution is 2.34. The Labute approximate surface area is 84.6 Å². The van der Waals surface area contributed by atoms with E-state index in [0.29, 0.717) is 12.3 Å². The van der Waals surface area contributed by atoms with Crippen molar-refractivity contribution >= 4 is 0 Å². The Bertz CT molecular complexity index is 300. The quantitative estimate of drug-likeness (QED) is 0.772. The zero-order valence-corrected chi connectivity index (χ0v) is 8.71. The summed E-state index contributed by atoms with van der Waals surface area (Å²) in [6, 6.07) is 0. The topological polar surface area (TPSA) is 48.9 Å². The lowest BCUT2D eigenvalue weighted by atomic mass is 10.0. The zero-order chi connectivity index (χ0) is 9.97. The minimum Gasteiger partial charge on any atom is -0.396 e. The first kappa shape index (κ1) is 9.71. The highest BCUT2D eigenvalue weighted by Gasteiger charge is 2.21. The molecular weight excluding hydrogens is 176 g/mol. The molecule has 1 heterocycles. The van der Waals surface area contributed by atoms with Crippen LogP contribution in [0.15, 0.2) is 0 Å². The Morgan fingerprint density at radius 1 is 1.43 bits per heavy atom. The number of imidazole rings is 1. The standard InChI is InChI=1S/C11H18N2O/c1-8-11(9-4-2-3-5-9)13-10(12-8)6-7-14/h9,14H,2-7H2,1H3,(H,12,13). The molecular formula is C11H18N2O. The van der Waals surface area contributed by atoms with E-state index >= 15 is 0 Å². The van der Waals surface area contributed by atoms with E-state index in [1.807, 2.05) is 0 Å². The Morgan fingerprint density at radius 2 is 2.14 bits per heavy atom. The maximum absolute atomic E-state index is 8.83. The van der Waals surface area contributed by atoms with Crippen molar-refractivity contribution in [3.8, 4) is 0 Å². The van der Waals surface area contributed by atoms with Crippen LogP contribution in [0.2, 0.25) is 0 Å². The summed E-state index contributed by atoms with van der Waals surface area (Å²) in [6.07, 6.45) is 5.89. The Balaban J connectivity index is 2.15. The number of hydrogen-bond acceptors (Lipinski definition) is 2. The van der Waals surface area contributed by atoms with E-state index in [4.69, 9.17) is 5.11 Å². The average molecular weight is 194 g/mol. The van der Waals surface area contributed by atoms with E-state index in [1.54, 1.807) is 0 Å². The third-order valence-electron chi connectivity index (χ3n) is 3.06. The third-order valence-corrected chi connectivity index (χ3v) is 3.06. The summed E-state index contributed by atoms with van der Waals surface area (Å²) in [5.41, 5.74) is 2.44. The highest BCUT2D eigenvalue weighted by atomic mass is 16.3. The molecule has 0 aromatic carbocycles. The van der Waals surface area contributed by atoms with Gasteiger partial charge in [0.1, 0.15) is 5.82 Å². The molecule has 3 heteroatoms. The lowest BCUT2D eigenvalue weighted by Crippen LogP contribution is -1.96. The molecule has 2 rings (SSSR count). The third kappa shape index (κ3) is 1.82. The van der Waals surface area contributed by atoms with Gasteiger partial charge in [-0.05, 0) is 19.8 Å². The molecule has 1 aliphatic carbocycles. The Kier molecular flexibility index (Phi) is 2.87. The normalized spacial score (nSPS) is 17.9. The number of aryl methyl sites for hydroxylation is 1. The van der Waals surface area contributed by atoms with Crippen molar-refractivity contribution in [1.29, 1.82) is 0 Å². The van der Waals surface area contributed by atoms with Crippen LogP contribution in [0.5, 0.6) is 0 Å². The number of hydrogen-bond donors (Lipinski definition) is 2. The van der Waals surface area contributed by atoms with Crippen LogP contribution in [0, 0.1) is 6.92 Å². The molecule has 0 bridgehead atoms. The van der Waals surface area contributed by atoms with Gasteiger partial charge >= 0.3 is 0 Å². The second-order valence-corrected chi connectivity index (χ2v) is 4.15. The van der Waals surface area contributed by atoms with Crippen LogP contribution in [0.25, 0.3) is 0 Å². The van der Waals surface area contributed by atoms with Crippen LogP contribution in [0.3, 0.4) is 0 Å². The van der Waals surface area contributed by atoms with Gasteiger partial charge in [-0.25, -0.2) is 4.98 Å². The van der Waals surface area contributed by atoms with E-state index in [0.717, 1.165) is 5.82 Å². The minimum absolute atomic E-state index is 0.178. The first-order valence-corrected chi connectivity index (χ1v) is 5.47. The fourth-order valence-electron chi connectivity index (χ4n) is 2.36. The first-order chi connectivity index (χ1) is 6.81. The maximum atomic E-state index is 8.83.